The van der Waals surface area contributed by atoms with E-state index in [0.29, 0.717) is 5.41 Å². The van der Waals surface area contributed by atoms with Crippen LogP contribution in [0.1, 0.15) is 19.3 Å². The van der Waals surface area contributed by atoms with Gasteiger partial charge in [0.2, 0.25) is 0 Å². The van der Waals surface area contributed by atoms with Gasteiger partial charge in [-0.1, -0.05) is 0 Å². The fourth-order valence-electron chi connectivity index (χ4n) is 1.68. The third kappa shape index (κ3) is 2.64. The van der Waals surface area contributed by atoms with Gasteiger partial charge in [0.25, 0.3) is 0 Å². The predicted molar refractivity (Wildman–Crippen MR) is 54.5 cm³/mol. The van der Waals surface area contributed by atoms with E-state index in [2.05, 4.69) is 6.26 Å². The van der Waals surface area contributed by atoms with Gasteiger partial charge in [-0.25, -0.2) is 0 Å². The van der Waals surface area contributed by atoms with Crippen molar-refractivity contribution >= 4 is 11.8 Å². The first kappa shape index (κ1) is 10.4. The number of hydrogen-bond acceptors (Lipinski definition) is 3. The molecule has 0 bridgehead atoms. The van der Waals surface area contributed by atoms with E-state index in [1.165, 1.54) is 12.2 Å². The SMILES string of the molecule is CSCCC1(CN)CCOCC1. The standard InChI is InChI=1S/C9H19NOS/c1-12-7-4-9(8-10)2-5-11-6-3-9/h2-8,10H2,1H3. The average molecular weight is 189 g/mol. The van der Waals surface area contributed by atoms with Crippen LogP contribution in [0.25, 0.3) is 0 Å². The summed E-state index contributed by atoms with van der Waals surface area (Å²) in [5.41, 5.74) is 6.22. The summed E-state index contributed by atoms with van der Waals surface area (Å²) in [4.78, 5) is 0. The molecule has 72 valence electrons. The van der Waals surface area contributed by atoms with Crippen molar-refractivity contribution in [3.05, 3.63) is 0 Å². The van der Waals surface area contributed by atoms with Gasteiger partial charge in [-0.15, -0.1) is 0 Å². The first-order chi connectivity index (χ1) is 5.83. The molecule has 0 amide bonds. The maximum atomic E-state index is 5.81. The second kappa shape index (κ2) is 5.10. The Morgan fingerprint density at radius 3 is 2.58 bits per heavy atom. The molecule has 12 heavy (non-hydrogen) atoms. The highest BCUT2D eigenvalue weighted by Crippen LogP contribution is 2.33. The Balaban J connectivity index is 2.37. The Kier molecular flexibility index (Phi) is 4.40. The minimum absolute atomic E-state index is 0.404. The van der Waals surface area contributed by atoms with Crippen LogP contribution in [0.4, 0.5) is 0 Å². The summed E-state index contributed by atoms with van der Waals surface area (Å²) in [5, 5.41) is 0. The molecule has 3 heteroatoms. The number of ether oxygens (including phenoxy) is 1. The van der Waals surface area contributed by atoms with E-state index < -0.39 is 0 Å². The van der Waals surface area contributed by atoms with Crippen LogP contribution >= 0.6 is 11.8 Å². The molecule has 0 aromatic carbocycles. The highest BCUT2D eigenvalue weighted by Gasteiger charge is 2.30. The zero-order valence-corrected chi connectivity index (χ0v) is 8.66. The summed E-state index contributed by atoms with van der Waals surface area (Å²) in [6, 6.07) is 0. The second-order valence-electron chi connectivity index (χ2n) is 3.56. The van der Waals surface area contributed by atoms with Crippen LogP contribution in [-0.4, -0.2) is 31.8 Å². The quantitative estimate of drug-likeness (QED) is 0.728. The van der Waals surface area contributed by atoms with Crippen LogP contribution < -0.4 is 5.73 Å². The minimum atomic E-state index is 0.404. The van der Waals surface area contributed by atoms with Crippen molar-refractivity contribution in [2.24, 2.45) is 11.1 Å². The Bertz CT molecular complexity index is 124. The molecule has 1 rings (SSSR count). The molecular weight excluding hydrogens is 170 g/mol. The van der Waals surface area contributed by atoms with Crippen molar-refractivity contribution in [2.45, 2.75) is 19.3 Å². The van der Waals surface area contributed by atoms with Crippen molar-refractivity contribution in [1.82, 2.24) is 0 Å². The third-order valence-corrected chi connectivity index (χ3v) is 3.44. The molecule has 0 atom stereocenters. The van der Waals surface area contributed by atoms with Gasteiger partial charge in [0.1, 0.15) is 0 Å². The highest BCUT2D eigenvalue weighted by atomic mass is 32.2. The summed E-state index contributed by atoms with van der Waals surface area (Å²) in [6.45, 7) is 2.65. The van der Waals surface area contributed by atoms with Crippen LogP contribution in [-0.2, 0) is 4.74 Å². The first-order valence-corrected chi connectivity index (χ1v) is 5.99. The maximum absolute atomic E-state index is 5.81. The molecule has 0 radical (unpaired) electrons. The van der Waals surface area contributed by atoms with Crippen molar-refractivity contribution in [1.29, 1.82) is 0 Å². The Hall–Kier alpha value is 0.270. The van der Waals surface area contributed by atoms with E-state index in [1.807, 2.05) is 11.8 Å². The van der Waals surface area contributed by atoms with Crippen molar-refractivity contribution in [3.63, 3.8) is 0 Å². The van der Waals surface area contributed by atoms with Gasteiger partial charge in [-0.05, 0) is 43.2 Å². The number of hydrogen-bond donors (Lipinski definition) is 1. The number of nitrogens with two attached hydrogens (primary N) is 1. The van der Waals surface area contributed by atoms with Crippen molar-refractivity contribution in [2.75, 3.05) is 31.8 Å². The molecule has 2 nitrogen and oxygen atoms in total. The summed E-state index contributed by atoms with van der Waals surface area (Å²) in [7, 11) is 0. The van der Waals surface area contributed by atoms with E-state index >= 15 is 0 Å². The molecule has 1 aliphatic heterocycles. The monoisotopic (exact) mass is 189 g/mol. The normalized spacial score (nSPS) is 22.5. The van der Waals surface area contributed by atoms with Crippen molar-refractivity contribution < 1.29 is 4.74 Å². The second-order valence-corrected chi connectivity index (χ2v) is 4.54. The zero-order chi connectivity index (χ0) is 8.86. The molecule has 0 aromatic rings. The summed E-state index contributed by atoms with van der Waals surface area (Å²) in [6.07, 6.45) is 5.73. The smallest absolute Gasteiger partial charge is 0.0471 e. The van der Waals surface area contributed by atoms with E-state index in [0.717, 1.165) is 32.6 Å². The number of rotatable bonds is 4. The van der Waals surface area contributed by atoms with Gasteiger partial charge >= 0.3 is 0 Å². The van der Waals surface area contributed by atoms with E-state index in [9.17, 15) is 0 Å². The molecule has 1 heterocycles. The molecule has 0 unspecified atom stereocenters. The summed E-state index contributed by atoms with van der Waals surface area (Å²) >= 11 is 1.91. The van der Waals surface area contributed by atoms with E-state index in [-0.39, 0.29) is 0 Å². The van der Waals surface area contributed by atoms with Gasteiger partial charge in [-0.3, -0.25) is 0 Å². The van der Waals surface area contributed by atoms with Crippen LogP contribution in [0, 0.1) is 5.41 Å². The lowest BCUT2D eigenvalue weighted by atomic mass is 9.78. The van der Waals surface area contributed by atoms with Crippen LogP contribution in [0.15, 0.2) is 0 Å². The molecule has 0 aliphatic carbocycles. The third-order valence-electron chi connectivity index (χ3n) is 2.82. The molecule has 1 aliphatic rings. The lowest BCUT2D eigenvalue weighted by Crippen LogP contribution is -2.37. The van der Waals surface area contributed by atoms with Crippen LogP contribution in [0.3, 0.4) is 0 Å². The van der Waals surface area contributed by atoms with Crippen molar-refractivity contribution in [3.8, 4) is 0 Å². The molecule has 1 fully saturated rings. The summed E-state index contributed by atoms with van der Waals surface area (Å²) < 4.78 is 5.34. The molecular formula is C9H19NOS. The highest BCUT2D eigenvalue weighted by molar-refractivity contribution is 7.98. The fourth-order valence-corrected chi connectivity index (χ4v) is 2.32. The first-order valence-electron chi connectivity index (χ1n) is 4.60. The summed E-state index contributed by atoms with van der Waals surface area (Å²) in [5.74, 6) is 1.23. The fraction of sp³-hybridized carbons (Fsp3) is 1.00. The average Bonchev–Trinajstić information content (AvgIpc) is 2.16. The molecule has 0 spiro atoms. The minimum Gasteiger partial charge on any atom is -0.381 e. The topological polar surface area (TPSA) is 35.2 Å². The van der Waals surface area contributed by atoms with Gasteiger partial charge in [0.15, 0.2) is 0 Å². The molecule has 0 saturated carbocycles. The number of thioether (sulfide) groups is 1. The molecule has 1 saturated heterocycles. The lowest BCUT2D eigenvalue weighted by molar-refractivity contribution is 0.0177. The van der Waals surface area contributed by atoms with E-state index in [1.54, 1.807) is 0 Å². The van der Waals surface area contributed by atoms with Gasteiger partial charge < -0.3 is 10.5 Å². The van der Waals surface area contributed by atoms with Crippen LogP contribution in [0.2, 0.25) is 0 Å². The van der Waals surface area contributed by atoms with Gasteiger partial charge in [0, 0.05) is 13.2 Å². The van der Waals surface area contributed by atoms with Gasteiger partial charge in [0.05, 0.1) is 0 Å². The Labute approximate surface area is 79.2 Å². The Morgan fingerprint density at radius 2 is 2.08 bits per heavy atom. The van der Waals surface area contributed by atoms with Gasteiger partial charge in [-0.2, -0.15) is 11.8 Å². The molecule has 0 aromatic heterocycles. The van der Waals surface area contributed by atoms with E-state index in [4.69, 9.17) is 10.5 Å². The Morgan fingerprint density at radius 1 is 1.42 bits per heavy atom. The predicted octanol–water partition coefficient (Wildman–Crippen LogP) is 1.50. The van der Waals surface area contributed by atoms with Crippen LogP contribution in [0.5, 0.6) is 0 Å². The largest absolute Gasteiger partial charge is 0.381 e. The maximum Gasteiger partial charge on any atom is 0.0471 e. The molecule has 2 N–H and O–H groups in total. The lowest BCUT2D eigenvalue weighted by Gasteiger charge is -2.36. The zero-order valence-electron chi connectivity index (χ0n) is 7.84.